The van der Waals surface area contributed by atoms with Gasteiger partial charge in [-0.1, -0.05) is 0 Å². The zero-order valence-corrected chi connectivity index (χ0v) is 10.2. The average molecular weight is 220 g/mol. The molecule has 0 spiro atoms. The Balaban J connectivity index is 1.93. The van der Waals surface area contributed by atoms with Crippen LogP contribution in [0.15, 0.2) is 0 Å². The molecule has 14 heavy (non-hydrogen) atoms. The van der Waals surface area contributed by atoms with Crippen LogP contribution in [0.1, 0.15) is 13.8 Å². The molecule has 0 aromatic carbocycles. The average Bonchev–Trinajstić information content (AvgIpc) is 2.96. The summed E-state index contributed by atoms with van der Waals surface area (Å²) in [7, 11) is -1.44. The highest BCUT2D eigenvalue weighted by Crippen LogP contribution is 2.09. The second kappa shape index (κ2) is 7.36. The van der Waals surface area contributed by atoms with Crippen molar-refractivity contribution in [3.05, 3.63) is 0 Å². The van der Waals surface area contributed by atoms with E-state index in [1.165, 1.54) is 0 Å². The second-order valence-corrected chi connectivity index (χ2v) is 5.26. The molecular formula is C9H20O4Si. The van der Waals surface area contributed by atoms with Crippen LogP contribution in [0.25, 0.3) is 0 Å². The smallest absolute Gasteiger partial charge is 0.323 e. The number of hydrogen-bond acceptors (Lipinski definition) is 4. The zero-order chi connectivity index (χ0) is 10.2. The van der Waals surface area contributed by atoms with Crippen molar-refractivity contribution in [2.45, 2.75) is 26.0 Å². The minimum Gasteiger partial charge on any atom is -0.397 e. The third kappa shape index (κ3) is 5.72. The fourth-order valence-corrected chi connectivity index (χ4v) is 2.68. The molecule has 4 nitrogen and oxygen atoms in total. The van der Waals surface area contributed by atoms with Crippen molar-refractivity contribution >= 4 is 9.28 Å². The first-order chi connectivity index (χ1) is 6.86. The van der Waals surface area contributed by atoms with Crippen LogP contribution in [-0.2, 0) is 18.3 Å². The van der Waals surface area contributed by atoms with Gasteiger partial charge in [-0.25, -0.2) is 0 Å². The molecule has 0 N–H and O–H groups in total. The highest BCUT2D eigenvalue weighted by Gasteiger charge is 2.22. The van der Waals surface area contributed by atoms with Crippen LogP contribution >= 0.6 is 0 Å². The summed E-state index contributed by atoms with van der Waals surface area (Å²) in [6, 6.07) is 0.925. The van der Waals surface area contributed by atoms with Crippen LogP contribution in [0.3, 0.4) is 0 Å². The van der Waals surface area contributed by atoms with Gasteiger partial charge in [0.2, 0.25) is 0 Å². The molecule has 1 heterocycles. The summed E-state index contributed by atoms with van der Waals surface area (Å²) in [5.41, 5.74) is 0. The first-order valence-corrected chi connectivity index (χ1v) is 7.05. The van der Waals surface area contributed by atoms with Crippen molar-refractivity contribution in [1.29, 1.82) is 0 Å². The lowest BCUT2D eigenvalue weighted by Gasteiger charge is -2.14. The van der Waals surface area contributed by atoms with E-state index in [0.717, 1.165) is 39.1 Å². The van der Waals surface area contributed by atoms with Gasteiger partial charge in [-0.2, -0.15) is 0 Å². The molecule has 1 aliphatic heterocycles. The van der Waals surface area contributed by atoms with Gasteiger partial charge < -0.3 is 18.3 Å². The molecule has 0 bridgehead atoms. The third-order valence-electron chi connectivity index (χ3n) is 1.91. The minimum absolute atomic E-state index is 0.356. The molecule has 0 aliphatic carbocycles. The van der Waals surface area contributed by atoms with Crippen molar-refractivity contribution < 1.29 is 18.3 Å². The maximum atomic E-state index is 5.51. The summed E-state index contributed by atoms with van der Waals surface area (Å²) < 4.78 is 21.5. The molecule has 1 aliphatic rings. The molecule has 0 saturated carbocycles. The van der Waals surface area contributed by atoms with Crippen LogP contribution in [0.4, 0.5) is 0 Å². The van der Waals surface area contributed by atoms with Gasteiger partial charge in [-0.3, -0.25) is 0 Å². The van der Waals surface area contributed by atoms with E-state index in [-0.39, 0.29) is 0 Å². The van der Waals surface area contributed by atoms with E-state index in [0.29, 0.717) is 6.10 Å². The number of epoxide rings is 1. The first kappa shape index (κ1) is 12.1. The van der Waals surface area contributed by atoms with Crippen LogP contribution in [0, 0.1) is 0 Å². The van der Waals surface area contributed by atoms with E-state index < -0.39 is 9.28 Å². The van der Waals surface area contributed by atoms with Gasteiger partial charge in [-0.05, 0) is 13.8 Å². The van der Waals surface area contributed by atoms with Gasteiger partial charge in [0, 0.05) is 25.9 Å². The monoisotopic (exact) mass is 220 g/mol. The molecule has 0 radical (unpaired) electrons. The van der Waals surface area contributed by atoms with Crippen molar-refractivity contribution in [3.63, 3.8) is 0 Å². The van der Waals surface area contributed by atoms with Gasteiger partial charge in [0.15, 0.2) is 0 Å². The highest BCUT2D eigenvalue weighted by molar-refractivity contribution is 6.44. The standard InChI is InChI=1S/C9H20O4Si/c1-3-12-14(13-4-2)6-5-10-7-9-8-11-9/h9,14H,3-8H2,1-2H3. The maximum absolute atomic E-state index is 5.51. The van der Waals surface area contributed by atoms with Crippen LogP contribution in [-0.4, -0.2) is 48.4 Å². The summed E-state index contributed by atoms with van der Waals surface area (Å²) in [6.45, 7) is 7.79. The summed E-state index contributed by atoms with van der Waals surface area (Å²) >= 11 is 0. The molecule has 1 fully saturated rings. The van der Waals surface area contributed by atoms with E-state index in [4.69, 9.17) is 18.3 Å². The van der Waals surface area contributed by atoms with E-state index >= 15 is 0 Å². The number of rotatable bonds is 9. The molecule has 5 heteroatoms. The van der Waals surface area contributed by atoms with E-state index in [1.54, 1.807) is 0 Å². The second-order valence-electron chi connectivity index (χ2n) is 3.16. The minimum atomic E-state index is -1.44. The molecule has 0 aromatic heterocycles. The highest BCUT2D eigenvalue weighted by atomic mass is 28.3. The number of hydrogen-bond donors (Lipinski definition) is 0. The topological polar surface area (TPSA) is 40.2 Å². The van der Waals surface area contributed by atoms with Gasteiger partial charge >= 0.3 is 9.28 Å². The molecule has 1 saturated heterocycles. The summed E-state index contributed by atoms with van der Waals surface area (Å²) in [4.78, 5) is 0. The fraction of sp³-hybridized carbons (Fsp3) is 1.00. The van der Waals surface area contributed by atoms with Gasteiger partial charge in [0.05, 0.1) is 13.2 Å². The summed E-state index contributed by atoms with van der Waals surface area (Å²) in [6.07, 6.45) is 0.356. The van der Waals surface area contributed by atoms with Crippen LogP contribution in [0.2, 0.25) is 6.04 Å². The Labute approximate surface area is 87.3 Å². The maximum Gasteiger partial charge on any atom is 0.323 e. The van der Waals surface area contributed by atoms with Gasteiger partial charge in [-0.15, -0.1) is 0 Å². The Hall–Kier alpha value is 0.0569. The first-order valence-electron chi connectivity index (χ1n) is 5.29. The van der Waals surface area contributed by atoms with Crippen molar-refractivity contribution in [1.82, 2.24) is 0 Å². The lowest BCUT2D eigenvalue weighted by Crippen LogP contribution is -2.24. The lowest BCUT2D eigenvalue weighted by molar-refractivity contribution is 0.118. The fourth-order valence-electron chi connectivity index (χ4n) is 1.15. The van der Waals surface area contributed by atoms with Crippen molar-refractivity contribution in [2.75, 3.05) is 33.0 Å². The Morgan fingerprint density at radius 1 is 1.29 bits per heavy atom. The SMILES string of the molecule is CCO[SiH](CCOCC1CO1)OCC. The Morgan fingerprint density at radius 2 is 1.93 bits per heavy atom. The predicted octanol–water partition coefficient (Wildman–Crippen LogP) is 0.695. The van der Waals surface area contributed by atoms with Crippen molar-refractivity contribution in [3.8, 4) is 0 Å². The summed E-state index contributed by atoms with van der Waals surface area (Å²) in [5, 5.41) is 0. The Bertz CT molecular complexity index is 135. The van der Waals surface area contributed by atoms with E-state index in [2.05, 4.69) is 0 Å². The largest absolute Gasteiger partial charge is 0.397 e. The Morgan fingerprint density at radius 3 is 2.43 bits per heavy atom. The van der Waals surface area contributed by atoms with Crippen molar-refractivity contribution in [2.24, 2.45) is 0 Å². The summed E-state index contributed by atoms with van der Waals surface area (Å²) in [5.74, 6) is 0. The molecule has 0 amide bonds. The lowest BCUT2D eigenvalue weighted by atomic mass is 10.5. The van der Waals surface area contributed by atoms with Crippen LogP contribution in [0.5, 0.6) is 0 Å². The quantitative estimate of drug-likeness (QED) is 0.326. The predicted molar refractivity (Wildman–Crippen MR) is 55.8 cm³/mol. The van der Waals surface area contributed by atoms with Gasteiger partial charge in [0.25, 0.3) is 0 Å². The normalized spacial score (nSPS) is 20.4. The molecule has 0 aromatic rings. The van der Waals surface area contributed by atoms with E-state index in [1.807, 2.05) is 13.8 Å². The van der Waals surface area contributed by atoms with Gasteiger partial charge in [0.1, 0.15) is 6.10 Å². The third-order valence-corrected chi connectivity index (χ3v) is 4.03. The van der Waals surface area contributed by atoms with E-state index in [9.17, 15) is 0 Å². The number of ether oxygens (including phenoxy) is 2. The Kier molecular flexibility index (Phi) is 6.38. The molecule has 1 rings (SSSR count). The molecule has 1 unspecified atom stereocenters. The molecule has 1 atom stereocenters. The molecule has 84 valence electrons. The zero-order valence-electron chi connectivity index (χ0n) is 9.03. The van der Waals surface area contributed by atoms with Crippen LogP contribution < -0.4 is 0 Å². The molecular weight excluding hydrogens is 200 g/mol.